The Kier molecular flexibility index (Phi) is 3.75. The van der Waals surface area contributed by atoms with E-state index in [-0.39, 0.29) is 5.56 Å². The van der Waals surface area contributed by atoms with Crippen LogP contribution in [-0.2, 0) is 7.05 Å². The fourth-order valence-corrected chi connectivity index (χ4v) is 1.61. The highest BCUT2D eigenvalue weighted by Crippen LogP contribution is 2.25. The van der Waals surface area contributed by atoms with Crippen molar-refractivity contribution in [3.8, 4) is 11.3 Å². The Labute approximate surface area is 111 Å². The van der Waals surface area contributed by atoms with Crippen molar-refractivity contribution >= 4 is 12.0 Å². The van der Waals surface area contributed by atoms with E-state index in [1.807, 2.05) is 49.3 Å². The van der Waals surface area contributed by atoms with Crippen molar-refractivity contribution in [2.75, 3.05) is 14.1 Å². The van der Waals surface area contributed by atoms with Crippen molar-refractivity contribution in [3.63, 3.8) is 0 Å². The van der Waals surface area contributed by atoms with Crippen molar-refractivity contribution in [2.24, 2.45) is 12.0 Å². The Balaban J connectivity index is 2.58. The van der Waals surface area contributed by atoms with Crippen molar-refractivity contribution < 1.29 is 0 Å². The molecule has 0 spiro atoms. The first-order valence-corrected chi connectivity index (χ1v) is 5.92. The summed E-state index contributed by atoms with van der Waals surface area (Å²) in [7, 11) is 5.38. The van der Waals surface area contributed by atoms with Crippen LogP contribution in [0.2, 0.25) is 0 Å². The van der Waals surface area contributed by atoms with Crippen LogP contribution >= 0.6 is 0 Å². The van der Waals surface area contributed by atoms with Gasteiger partial charge in [0.05, 0.1) is 12.0 Å². The Morgan fingerprint density at radius 1 is 1.26 bits per heavy atom. The molecule has 0 bridgehead atoms. The second-order valence-electron chi connectivity index (χ2n) is 4.41. The molecule has 1 heterocycles. The molecule has 0 fully saturated rings. The molecule has 19 heavy (non-hydrogen) atoms. The highest BCUT2D eigenvalue weighted by atomic mass is 16.1. The quantitative estimate of drug-likeness (QED) is 0.620. The van der Waals surface area contributed by atoms with Gasteiger partial charge in [-0.3, -0.25) is 4.79 Å². The summed E-state index contributed by atoms with van der Waals surface area (Å²) in [6, 6.07) is 11.2. The molecule has 0 N–H and O–H groups in total. The molecule has 0 aliphatic heterocycles. The van der Waals surface area contributed by atoms with E-state index in [1.54, 1.807) is 13.4 Å². The largest absolute Gasteiger partial charge is 0.369 e. The SMILES string of the molecule is CN(C)C=Nc1cc(=O)n(C)nc1-c1ccccc1. The molecular formula is C14H16N4O. The lowest BCUT2D eigenvalue weighted by Crippen LogP contribution is -2.19. The number of nitrogens with zero attached hydrogens (tertiary/aromatic N) is 4. The first-order chi connectivity index (χ1) is 9.08. The number of aromatic nitrogens is 2. The van der Waals surface area contributed by atoms with E-state index in [0.717, 1.165) is 5.56 Å². The molecule has 0 aliphatic rings. The second-order valence-corrected chi connectivity index (χ2v) is 4.41. The fourth-order valence-electron chi connectivity index (χ4n) is 1.61. The van der Waals surface area contributed by atoms with Crippen LogP contribution in [0.1, 0.15) is 0 Å². The molecule has 2 aromatic rings. The van der Waals surface area contributed by atoms with Crippen LogP contribution in [0.4, 0.5) is 5.69 Å². The third-order valence-electron chi connectivity index (χ3n) is 2.55. The van der Waals surface area contributed by atoms with Gasteiger partial charge in [0.1, 0.15) is 5.69 Å². The van der Waals surface area contributed by atoms with Gasteiger partial charge in [-0.2, -0.15) is 5.10 Å². The molecule has 5 heteroatoms. The van der Waals surface area contributed by atoms with Gasteiger partial charge in [0.25, 0.3) is 5.56 Å². The fraction of sp³-hybridized carbons (Fsp3) is 0.214. The van der Waals surface area contributed by atoms with E-state index in [9.17, 15) is 4.79 Å². The van der Waals surface area contributed by atoms with E-state index in [0.29, 0.717) is 11.4 Å². The minimum absolute atomic E-state index is 0.175. The number of hydrogen-bond acceptors (Lipinski definition) is 3. The third kappa shape index (κ3) is 3.07. The highest BCUT2D eigenvalue weighted by molar-refractivity contribution is 5.74. The van der Waals surface area contributed by atoms with E-state index in [1.165, 1.54) is 10.7 Å². The maximum Gasteiger partial charge on any atom is 0.268 e. The Bertz CT molecular complexity index is 644. The van der Waals surface area contributed by atoms with Crippen LogP contribution in [0.15, 0.2) is 46.2 Å². The normalized spacial score (nSPS) is 10.9. The molecule has 0 saturated carbocycles. The molecule has 0 atom stereocenters. The summed E-state index contributed by atoms with van der Waals surface area (Å²) >= 11 is 0. The lowest BCUT2D eigenvalue weighted by molar-refractivity contribution is 0.643. The zero-order valence-electron chi connectivity index (χ0n) is 11.2. The summed E-state index contributed by atoms with van der Waals surface area (Å²) in [4.78, 5) is 17.8. The summed E-state index contributed by atoms with van der Waals surface area (Å²) < 4.78 is 1.32. The van der Waals surface area contributed by atoms with E-state index < -0.39 is 0 Å². The van der Waals surface area contributed by atoms with Gasteiger partial charge >= 0.3 is 0 Å². The minimum Gasteiger partial charge on any atom is -0.369 e. The number of benzene rings is 1. The van der Waals surface area contributed by atoms with Gasteiger partial charge in [0.15, 0.2) is 0 Å². The number of aliphatic imine (C=N–C) groups is 1. The molecule has 0 radical (unpaired) electrons. The molecule has 0 unspecified atom stereocenters. The van der Waals surface area contributed by atoms with Crippen LogP contribution < -0.4 is 5.56 Å². The Hall–Kier alpha value is -2.43. The number of hydrogen-bond donors (Lipinski definition) is 0. The van der Waals surface area contributed by atoms with Gasteiger partial charge in [-0.15, -0.1) is 0 Å². The molecular weight excluding hydrogens is 240 g/mol. The third-order valence-corrected chi connectivity index (χ3v) is 2.55. The standard InChI is InChI=1S/C14H16N4O/c1-17(2)10-15-12-9-13(19)18(3)16-14(12)11-7-5-4-6-8-11/h4-10H,1-3H3. The highest BCUT2D eigenvalue weighted by Gasteiger charge is 2.08. The van der Waals surface area contributed by atoms with Gasteiger partial charge in [-0.1, -0.05) is 30.3 Å². The first kappa shape index (κ1) is 13.0. The average molecular weight is 256 g/mol. The molecule has 5 nitrogen and oxygen atoms in total. The van der Waals surface area contributed by atoms with Gasteiger partial charge < -0.3 is 4.90 Å². The van der Waals surface area contributed by atoms with Crippen LogP contribution in [-0.4, -0.2) is 35.1 Å². The van der Waals surface area contributed by atoms with E-state index >= 15 is 0 Å². The van der Waals surface area contributed by atoms with Crippen molar-refractivity contribution in [2.45, 2.75) is 0 Å². The number of rotatable bonds is 3. The minimum atomic E-state index is -0.175. The van der Waals surface area contributed by atoms with Gasteiger partial charge in [0, 0.05) is 32.8 Å². The Morgan fingerprint density at radius 3 is 2.58 bits per heavy atom. The predicted octanol–water partition coefficient (Wildman–Crippen LogP) is 1.67. The molecule has 2 rings (SSSR count). The van der Waals surface area contributed by atoms with Gasteiger partial charge in [-0.05, 0) is 0 Å². The lowest BCUT2D eigenvalue weighted by Gasteiger charge is -2.08. The van der Waals surface area contributed by atoms with Crippen LogP contribution in [0.25, 0.3) is 11.3 Å². The van der Waals surface area contributed by atoms with Crippen molar-refractivity contribution in [1.82, 2.24) is 14.7 Å². The van der Waals surface area contributed by atoms with Crippen LogP contribution in [0, 0.1) is 0 Å². The van der Waals surface area contributed by atoms with E-state index in [2.05, 4.69) is 10.1 Å². The molecule has 98 valence electrons. The summed E-state index contributed by atoms with van der Waals surface area (Å²) in [6.07, 6.45) is 1.66. The maximum atomic E-state index is 11.7. The van der Waals surface area contributed by atoms with Crippen LogP contribution in [0.5, 0.6) is 0 Å². The molecule has 0 amide bonds. The second kappa shape index (κ2) is 5.48. The van der Waals surface area contributed by atoms with Crippen molar-refractivity contribution in [1.29, 1.82) is 0 Å². The molecule has 1 aromatic heterocycles. The van der Waals surface area contributed by atoms with Gasteiger partial charge in [0.2, 0.25) is 0 Å². The Morgan fingerprint density at radius 2 is 1.95 bits per heavy atom. The summed E-state index contributed by atoms with van der Waals surface area (Å²) in [5.74, 6) is 0. The lowest BCUT2D eigenvalue weighted by atomic mass is 10.1. The number of aryl methyl sites for hydroxylation is 1. The summed E-state index contributed by atoms with van der Waals surface area (Å²) in [6.45, 7) is 0. The molecule has 0 aliphatic carbocycles. The van der Waals surface area contributed by atoms with Crippen molar-refractivity contribution in [3.05, 3.63) is 46.8 Å². The van der Waals surface area contributed by atoms with E-state index in [4.69, 9.17) is 0 Å². The first-order valence-electron chi connectivity index (χ1n) is 5.92. The monoisotopic (exact) mass is 256 g/mol. The van der Waals surface area contributed by atoms with Crippen LogP contribution in [0.3, 0.4) is 0 Å². The zero-order valence-corrected chi connectivity index (χ0v) is 11.2. The van der Waals surface area contributed by atoms with Gasteiger partial charge in [-0.25, -0.2) is 9.67 Å². The predicted molar refractivity (Wildman–Crippen MR) is 76.8 cm³/mol. The smallest absolute Gasteiger partial charge is 0.268 e. The maximum absolute atomic E-state index is 11.7. The topological polar surface area (TPSA) is 50.5 Å². The summed E-state index contributed by atoms with van der Waals surface area (Å²) in [5, 5.41) is 4.29. The average Bonchev–Trinajstić information content (AvgIpc) is 2.40. The molecule has 1 aromatic carbocycles. The zero-order chi connectivity index (χ0) is 13.8. The summed E-state index contributed by atoms with van der Waals surface area (Å²) in [5.41, 5.74) is 2.03. The molecule has 0 saturated heterocycles.